The van der Waals surface area contributed by atoms with Crippen LogP contribution < -0.4 is 10.2 Å². The van der Waals surface area contributed by atoms with E-state index in [0.29, 0.717) is 27.3 Å². The molecule has 4 rings (SSSR count). The lowest BCUT2D eigenvalue weighted by Crippen LogP contribution is -2.11. The van der Waals surface area contributed by atoms with Crippen molar-refractivity contribution >= 4 is 28.5 Å². The minimum Gasteiger partial charge on any atom is -0.481 e. The van der Waals surface area contributed by atoms with Crippen LogP contribution in [0.5, 0.6) is 5.75 Å². The van der Waals surface area contributed by atoms with E-state index in [0.717, 1.165) is 22.3 Å². The summed E-state index contributed by atoms with van der Waals surface area (Å²) in [6, 6.07) is 17.8. The molecule has 0 unspecified atom stereocenters. The van der Waals surface area contributed by atoms with E-state index >= 15 is 0 Å². The molecule has 0 bridgehead atoms. The molecule has 0 amide bonds. The van der Waals surface area contributed by atoms with Gasteiger partial charge in [0.25, 0.3) is 0 Å². The van der Waals surface area contributed by atoms with Crippen molar-refractivity contribution in [2.45, 2.75) is 20.5 Å². The van der Waals surface area contributed by atoms with Crippen molar-refractivity contribution in [3.05, 3.63) is 98.2 Å². The fraction of sp³-hybridized carbons (Fsp3) is 0.154. The highest BCUT2D eigenvalue weighted by Crippen LogP contribution is 2.33. The van der Waals surface area contributed by atoms with Gasteiger partial charge in [0.2, 0.25) is 11.2 Å². The van der Waals surface area contributed by atoms with Gasteiger partial charge in [-0.3, -0.25) is 4.79 Å². The molecule has 1 heterocycles. The molecule has 0 fully saturated rings. The summed E-state index contributed by atoms with van der Waals surface area (Å²) in [6.07, 6.45) is 0. The van der Waals surface area contributed by atoms with Gasteiger partial charge in [-0.25, -0.2) is 4.79 Å². The lowest BCUT2D eigenvalue weighted by molar-refractivity contribution is 0.0600. The second kappa shape index (κ2) is 8.89. The number of esters is 1. The van der Waals surface area contributed by atoms with Crippen LogP contribution in [-0.2, 0) is 11.3 Å². The predicted octanol–water partition coefficient (Wildman–Crippen LogP) is 6.10. The first-order valence-electron chi connectivity index (χ1n) is 10.0. The first-order valence-corrected chi connectivity index (χ1v) is 10.4. The van der Waals surface area contributed by atoms with Crippen molar-refractivity contribution in [2.75, 3.05) is 7.11 Å². The van der Waals surface area contributed by atoms with Gasteiger partial charge in [0.1, 0.15) is 12.2 Å². The van der Waals surface area contributed by atoms with E-state index in [9.17, 15) is 9.59 Å². The molecule has 1 aromatic heterocycles. The normalized spacial score (nSPS) is 10.9. The number of hydrogen-bond donors (Lipinski definition) is 0. The molecule has 0 radical (unpaired) electrons. The number of aryl methyl sites for hydroxylation is 2. The third kappa shape index (κ3) is 4.25. The molecule has 6 heteroatoms. The monoisotopic (exact) mass is 448 g/mol. The maximum absolute atomic E-state index is 13.4. The average Bonchev–Trinajstić information content (AvgIpc) is 2.80. The Morgan fingerprint density at radius 2 is 1.69 bits per heavy atom. The largest absolute Gasteiger partial charge is 0.481 e. The molecule has 5 nitrogen and oxygen atoms in total. The van der Waals surface area contributed by atoms with Crippen molar-refractivity contribution in [2.24, 2.45) is 0 Å². The zero-order chi connectivity index (χ0) is 22.8. The fourth-order valence-corrected chi connectivity index (χ4v) is 3.50. The minimum atomic E-state index is -0.415. The highest BCUT2D eigenvalue weighted by molar-refractivity contribution is 6.32. The number of carbonyl (C=O) groups excluding carboxylic acids is 1. The predicted molar refractivity (Wildman–Crippen MR) is 125 cm³/mol. The van der Waals surface area contributed by atoms with Gasteiger partial charge in [-0.15, -0.1) is 0 Å². The Bertz CT molecular complexity index is 1350. The molecule has 0 spiro atoms. The fourth-order valence-electron chi connectivity index (χ4n) is 3.34. The molecular weight excluding hydrogens is 428 g/mol. The van der Waals surface area contributed by atoms with Crippen molar-refractivity contribution in [3.8, 4) is 17.1 Å². The molecular formula is C26H21ClO5. The molecule has 4 aromatic rings. The zero-order valence-corrected chi connectivity index (χ0v) is 18.7. The maximum Gasteiger partial charge on any atom is 0.337 e. The van der Waals surface area contributed by atoms with Crippen LogP contribution in [0.4, 0.5) is 0 Å². The maximum atomic E-state index is 13.4. The highest BCUT2D eigenvalue weighted by Gasteiger charge is 2.19. The minimum absolute atomic E-state index is 0.110. The summed E-state index contributed by atoms with van der Waals surface area (Å²) in [6.45, 7) is 3.97. The quantitative estimate of drug-likeness (QED) is 0.345. The van der Waals surface area contributed by atoms with E-state index < -0.39 is 5.97 Å². The molecule has 0 saturated carbocycles. The number of benzene rings is 3. The molecule has 0 aliphatic rings. The number of carbonyl (C=O) groups is 1. The van der Waals surface area contributed by atoms with Crippen molar-refractivity contribution in [1.29, 1.82) is 0 Å². The SMILES string of the molecule is COC(=O)c1ccc(COc2c(-c3ccc(C)cc3)oc3cc(C)c(Cl)cc3c2=O)cc1. The number of methoxy groups -OCH3 is 1. The van der Waals surface area contributed by atoms with Crippen LogP contribution in [0.2, 0.25) is 5.02 Å². The van der Waals surface area contributed by atoms with Gasteiger partial charge in [0.15, 0.2) is 5.76 Å². The van der Waals surface area contributed by atoms with Crippen molar-refractivity contribution < 1.29 is 18.7 Å². The van der Waals surface area contributed by atoms with E-state index in [1.807, 2.05) is 38.1 Å². The standard InChI is InChI=1S/C26H21ClO5/c1-15-4-8-18(9-5-15)24-25(23(28)20-13-21(27)16(2)12-22(20)32-24)31-14-17-6-10-19(11-7-17)26(29)30-3/h4-13H,14H2,1-3H3. The Labute approximate surface area is 190 Å². The molecule has 0 saturated heterocycles. The molecule has 0 aliphatic heterocycles. The van der Waals surface area contributed by atoms with Crippen LogP contribution in [0, 0.1) is 13.8 Å². The number of hydrogen-bond acceptors (Lipinski definition) is 5. The Balaban J connectivity index is 1.77. The summed E-state index contributed by atoms with van der Waals surface area (Å²) >= 11 is 6.25. The van der Waals surface area contributed by atoms with Gasteiger partial charge >= 0.3 is 5.97 Å². The van der Waals surface area contributed by atoms with E-state index in [1.54, 1.807) is 36.4 Å². The first-order chi connectivity index (χ1) is 15.4. The summed E-state index contributed by atoms with van der Waals surface area (Å²) < 4.78 is 16.8. The average molecular weight is 449 g/mol. The smallest absolute Gasteiger partial charge is 0.337 e. The first kappa shape index (κ1) is 21.7. The van der Waals surface area contributed by atoms with Crippen LogP contribution in [-0.4, -0.2) is 13.1 Å². The number of ether oxygens (including phenoxy) is 2. The van der Waals surface area contributed by atoms with Gasteiger partial charge in [0, 0.05) is 10.6 Å². The van der Waals surface area contributed by atoms with Gasteiger partial charge in [-0.2, -0.15) is 0 Å². The van der Waals surface area contributed by atoms with Crippen molar-refractivity contribution in [3.63, 3.8) is 0 Å². The Hall–Kier alpha value is -3.57. The summed E-state index contributed by atoms with van der Waals surface area (Å²) in [5.74, 6) is 0.0511. The Kier molecular flexibility index (Phi) is 6.01. The second-order valence-corrected chi connectivity index (χ2v) is 7.94. The molecule has 0 aliphatic carbocycles. The number of rotatable bonds is 5. The molecule has 32 heavy (non-hydrogen) atoms. The van der Waals surface area contributed by atoms with E-state index in [2.05, 4.69) is 0 Å². The summed E-state index contributed by atoms with van der Waals surface area (Å²) in [4.78, 5) is 25.0. The van der Waals surface area contributed by atoms with Crippen molar-refractivity contribution in [1.82, 2.24) is 0 Å². The van der Waals surface area contributed by atoms with Gasteiger partial charge < -0.3 is 13.9 Å². The Morgan fingerprint density at radius 3 is 2.34 bits per heavy atom. The summed E-state index contributed by atoms with van der Waals surface area (Å²) in [7, 11) is 1.33. The van der Waals surface area contributed by atoms with Gasteiger partial charge in [-0.1, -0.05) is 53.6 Å². The number of halogens is 1. The van der Waals surface area contributed by atoms with Crippen LogP contribution in [0.15, 0.2) is 69.9 Å². The lowest BCUT2D eigenvalue weighted by Gasteiger charge is -2.13. The summed E-state index contributed by atoms with van der Waals surface area (Å²) in [5.41, 5.74) is 4.01. The van der Waals surface area contributed by atoms with Crippen LogP contribution >= 0.6 is 11.6 Å². The zero-order valence-electron chi connectivity index (χ0n) is 17.9. The van der Waals surface area contributed by atoms with E-state index in [1.165, 1.54) is 7.11 Å². The van der Waals surface area contributed by atoms with Crippen LogP contribution in [0.1, 0.15) is 27.0 Å². The lowest BCUT2D eigenvalue weighted by atomic mass is 10.1. The molecule has 0 N–H and O–H groups in total. The van der Waals surface area contributed by atoms with Gasteiger partial charge in [-0.05, 0) is 49.2 Å². The Morgan fingerprint density at radius 1 is 1.00 bits per heavy atom. The third-order valence-corrected chi connectivity index (χ3v) is 5.61. The molecule has 3 aromatic carbocycles. The van der Waals surface area contributed by atoms with E-state index in [-0.39, 0.29) is 17.8 Å². The topological polar surface area (TPSA) is 65.7 Å². The number of fused-ring (bicyclic) bond motifs is 1. The second-order valence-electron chi connectivity index (χ2n) is 7.53. The summed E-state index contributed by atoms with van der Waals surface area (Å²) in [5, 5.41) is 0.838. The molecule has 162 valence electrons. The van der Waals surface area contributed by atoms with E-state index in [4.69, 9.17) is 25.5 Å². The van der Waals surface area contributed by atoms with Gasteiger partial charge in [0.05, 0.1) is 18.1 Å². The molecule has 0 atom stereocenters. The van der Waals surface area contributed by atoms with Crippen LogP contribution in [0.25, 0.3) is 22.3 Å². The van der Waals surface area contributed by atoms with Crippen LogP contribution in [0.3, 0.4) is 0 Å². The highest BCUT2D eigenvalue weighted by atomic mass is 35.5. The third-order valence-electron chi connectivity index (χ3n) is 5.20.